The highest BCUT2D eigenvalue weighted by Gasteiger charge is 2.42. The Hall–Kier alpha value is -1.96. The standard InChI is InChI=1S/C29H39ClN4O2S/c1-28(2,3)36-27(35)33-19-13-29(21-33)11-17-32(18-12-29)15-5-4-6-16-34-23-20-22(30)9-10-24(23)37-25-8-7-14-31-26(25)34/h7-10,14,20H,4-6,11-13,15-19,21H2,1-3H3. The zero-order chi connectivity index (χ0) is 26.0. The Morgan fingerprint density at radius 1 is 1.05 bits per heavy atom. The van der Waals surface area contributed by atoms with Crippen LogP contribution in [0.4, 0.5) is 16.3 Å². The monoisotopic (exact) mass is 542 g/mol. The van der Waals surface area contributed by atoms with Crippen molar-refractivity contribution in [1.82, 2.24) is 14.8 Å². The maximum absolute atomic E-state index is 12.5. The van der Waals surface area contributed by atoms with Crippen LogP contribution in [-0.4, -0.2) is 65.7 Å². The number of amides is 1. The molecular weight excluding hydrogens is 504 g/mol. The lowest BCUT2D eigenvalue weighted by Crippen LogP contribution is -2.43. The molecule has 1 aromatic carbocycles. The van der Waals surface area contributed by atoms with E-state index in [0.29, 0.717) is 0 Å². The summed E-state index contributed by atoms with van der Waals surface area (Å²) in [5.74, 6) is 1.04. The quantitative estimate of drug-likeness (QED) is 0.359. The molecule has 0 aliphatic carbocycles. The second-order valence-electron chi connectivity index (χ2n) is 11.7. The molecule has 0 unspecified atom stereocenters. The topological polar surface area (TPSA) is 48.9 Å². The lowest BCUT2D eigenvalue weighted by atomic mass is 9.78. The number of fused-ring (bicyclic) bond motifs is 2. The van der Waals surface area contributed by atoms with Gasteiger partial charge < -0.3 is 19.4 Å². The van der Waals surface area contributed by atoms with Crippen molar-refractivity contribution in [2.45, 2.75) is 74.7 Å². The Balaban J connectivity index is 1.06. The fraction of sp³-hybridized carbons (Fsp3) is 0.586. The molecule has 200 valence electrons. The predicted molar refractivity (Wildman–Crippen MR) is 151 cm³/mol. The maximum atomic E-state index is 12.5. The van der Waals surface area contributed by atoms with Gasteiger partial charge in [0.25, 0.3) is 0 Å². The number of ether oxygens (including phenoxy) is 1. The van der Waals surface area contributed by atoms with Gasteiger partial charge in [0, 0.05) is 35.7 Å². The Labute approximate surface area is 230 Å². The summed E-state index contributed by atoms with van der Waals surface area (Å²) in [6, 6.07) is 10.3. The normalized spacial score (nSPS) is 19.1. The van der Waals surface area contributed by atoms with Crippen LogP contribution in [0.1, 0.15) is 59.3 Å². The van der Waals surface area contributed by atoms with Crippen LogP contribution in [0.3, 0.4) is 0 Å². The SMILES string of the molecule is CC(C)(C)OC(=O)N1CCC2(CCN(CCCCCN3c4cc(Cl)ccc4Sc4cccnc43)CC2)C1. The third-order valence-electron chi connectivity index (χ3n) is 7.80. The van der Waals surface area contributed by atoms with Gasteiger partial charge in [0.2, 0.25) is 0 Å². The van der Waals surface area contributed by atoms with Crippen LogP contribution in [-0.2, 0) is 4.74 Å². The van der Waals surface area contributed by atoms with E-state index in [1.807, 2.05) is 44.0 Å². The number of halogens is 1. The van der Waals surface area contributed by atoms with Gasteiger partial charge in [0.15, 0.2) is 0 Å². The summed E-state index contributed by atoms with van der Waals surface area (Å²) >= 11 is 8.12. The fourth-order valence-electron chi connectivity index (χ4n) is 5.77. The molecule has 8 heteroatoms. The average Bonchev–Trinajstić information content (AvgIpc) is 3.27. The zero-order valence-corrected chi connectivity index (χ0v) is 23.9. The number of anilines is 2. The molecule has 3 aliphatic rings. The van der Waals surface area contributed by atoms with E-state index in [1.54, 1.807) is 11.8 Å². The minimum absolute atomic E-state index is 0.151. The summed E-state index contributed by atoms with van der Waals surface area (Å²) in [7, 11) is 0. The van der Waals surface area contributed by atoms with E-state index in [4.69, 9.17) is 21.3 Å². The highest BCUT2D eigenvalue weighted by Crippen LogP contribution is 2.48. The summed E-state index contributed by atoms with van der Waals surface area (Å²) in [5, 5.41) is 0.767. The Morgan fingerprint density at radius 3 is 2.59 bits per heavy atom. The van der Waals surface area contributed by atoms with E-state index in [1.165, 1.54) is 41.2 Å². The first kappa shape index (κ1) is 26.6. The molecule has 0 atom stereocenters. The third-order valence-corrected chi connectivity index (χ3v) is 9.14. The van der Waals surface area contributed by atoms with Gasteiger partial charge in [0.1, 0.15) is 11.4 Å². The summed E-state index contributed by atoms with van der Waals surface area (Å²) < 4.78 is 5.60. The molecule has 1 amide bonds. The lowest BCUT2D eigenvalue weighted by molar-refractivity contribution is 0.0247. The van der Waals surface area contributed by atoms with E-state index >= 15 is 0 Å². The number of unbranched alkanes of at least 4 members (excludes halogenated alkanes) is 2. The molecule has 0 N–H and O–H groups in total. The molecule has 37 heavy (non-hydrogen) atoms. The molecule has 2 saturated heterocycles. The van der Waals surface area contributed by atoms with Gasteiger partial charge in [-0.15, -0.1) is 0 Å². The zero-order valence-electron chi connectivity index (χ0n) is 22.3. The number of nitrogens with zero attached hydrogens (tertiary/aromatic N) is 4. The van der Waals surface area contributed by atoms with E-state index in [9.17, 15) is 4.79 Å². The smallest absolute Gasteiger partial charge is 0.410 e. The van der Waals surface area contributed by atoms with Crippen LogP contribution >= 0.6 is 23.4 Å². The Kier molecular flexibility index (Phi) is 7.94. The molecule has 0 radical (unpaired) electrons. The largest absolute Gasteiger partial charge is 0.444 e. The number of benzene rings is 1. The molecule has 3 aliphatic heterocycles. The molecule has 1 spiro atoms. The van der Waals surface area contributed by atoms with Crippen LogP contribution in [0.15, 0.2) is 46.3 Å². The Bertz CT molecular complexity index is 1110. The van der Waals surface area contributed by atoms with Crippen LogP contribution < -0.4 is 4.90 Å². The van der Waals surface area contributed by atoms with Crippen molar-refractivity contribution < 1.29 is 9.53 Å². The minimum Gasteiger partial charge on any atom is -0.444 e. The summed E-state index contributed by atoms with van der Waals surface area (Å²) in [6.45, 7) is 11.9. The molecule has 1 aromatic heterocycles. The van der Waals surface area contributed by atoms with Crippen LogP contribution in [0, 0.1) is 5.41 Å². The number of piperidine rings is 1. The molecule has 2 fully saturated rings. The molecule has 6 nitrogen and oxygen atoms in total. The van der Waals surface area contributed by atoms with Gasteiger partial charge in [-0.1, -0.05) is 29.8 Å². The average molecular weight is 543 g/mol. The van der Waals surface area contributed by atoms with Crippen LogP contribution in [0.25, 0.3) is 0 Å². The number of pyridine rings is 1. The van der Waals surface area contributed by atoms with E-state index in [0.717, 1.165) is 63.0 Å². The highest BCUT2D eigenvalue weighted by molar-refractivity contribution is 7.99. The summed E-state index contributed by atoms with van der Waals surface area (Å²) in [6.07, 6.45) is 8.71. The molecule has 0 bridgehead atoms. The number of carbonyl (C=O) groups excluding carboxylic acids is 1. The predicted octanol–water partition coefficient (Wildman–Crippen LogP) is 7.23. The highest BCUT2D eigenvalue weighted by atomic mass is 35.5. The molecular formula is C29H39ClN4O2S. The van der Waals surface area contributed by atoms with E-state index in [-0.39, 0.29) is 11.5 Å². The van der Waals surface area contributed by atoms with E-state index < -0.39 is 5.60 Å². The molecule has 4 heterocycles. The van der Waals surface area contributed by atoms with Gasteiger partial charge in [-0.05, 0) is 108 Å². The first-order valence-electron chi connectivity index (χ1n) is 13.6. The van der Waals surface area contributed by atoms with Crippen molar-refractivity contribution >= 4 is 41.0 Å². The number of likely N-dealkylation sites (tertiary alicyclic amines) is 2. The molecule has 0 saturated carbocycles. The van der Waals surface area contributed by atoms with Crippen molar-refractivity contribution in [2.75, 3.05) is 44.2 Å². The fourth-order valence-corrected chi connectivity index (χ4v) is 6.98. The van der Waals surface area contributed by atoms with Crippen molar-refractivity contribution in [2.24, 2.45) is 5.41 Å². The Morgan fingerprint density at radius 2 is 1.81 bits per heavy atom. The van der Waals surface area contributed by atoms with Crippen LogP contribution in [0.5, 0.6) is 0 Å². The van der Waals surface area contributed by atoms with Gasteiger partial charge >= 0.3 is 6.09 Å². The maximum Gasteiger partial charge on any atom is 0.410 e. The number of hydrogen-bond donors (Lipinski definition) is 0. The van der Waals surface area contributed by atoms with Crippen molar-refractivity contribution in [1.29, 1.82) is 0 Å². The lowest BCUT2D eigenvalue weighted by Gasteiger charge is -2.39. The third kappa shape index (κ3) is 6.37. The van der Waals surface area contributed by atoms with Crippen LogP contribution in [0.2, 0.25) is 5.02 Å². The molecule has 2 aromatic rings. The van der Waals surface area contributed by atoms with Gasteiger partial charge in [-0.25, -0.2) is 9.78 Å². The molecule has 5 rings (SSSR count). The van der Waals surface area contributed by atoms with Crippen molar-refractivity contribution in [3.63, 3.8) is 0 Å². The van der Waals surface area contributed by atoms with Gasteiger partial charge in [-0.2, -0.15) is 0 Å². The van der Waals surface area contributed by atoms with Crippen molar-refractivity contribution in [3.8, 4) is 0 Å². The van der Waals surface area contributed by atoms with Gasteiger partial charge in [0.05, 0.1) is 10.6 Å². The number of hydrogen-bond acceptors (Lipinski definition) is 6. The minimum atomic E-state index is -0.431. The number of aromatic nitrogens is 1. The summed E-state index contributed by atoms with van der Waals surface area (Å²) in [4.78, 5) is 26.5. The first-order valence-corrected chi connectivity index (χ1v) is 14.8. The second-order valence-corrected chi connectivity index (χ2v) is 13.3. The van der Waals surface area contributed by atoms with E-state index in [2.05, 4.69) is 28.0 Å². The first-order chi connectivity index (χ1) is 17.7. The number of rotatable bonds is 6. The number of carbonyl (C=O) groups is 1. The second kappa shape index (κ2) is 11.0. The van der Waals surface area contributed by atoms with Crippen molar-refractivity contribution in [3.05, 3.63) is 41.6 Å². The summed E-state index contributed by atoms with van der Waals surface area (Å²) in [5.41, 5.74) is 1.02. The van der Waals surface area contributed by atoms with Gasteiger partial charge in [-0.3, -0.25) is 0 Å².